The summed E-state index contributed by atoms with van der Waals surface area (Å²) in [4.78, 5) is 22.6. The number of halogens is 2. The van der Waals surface area contributed by atoms with Gasteiger partial charge in [0.05, 0.1) is 22.7 Å². The molecule has 3 aromatic carbocycles. The molecule has 0 aliphatic carbocycles. The van der Waals surface area contributed by atoms with Gasteiger partial charge in [0.2, 0.25) is 0 Å². The van der Waals surface area contributed by atoms with Crippen LogP contribution in [-0.4, -0.2) is 24.2 Å². The third kappa shape index (κ3) is 5.83. The average molecular weight is 519 g/mol. The van der Waals surface area contributed by atoms with E-state index in [1.54, 1.807) is 12.1 Å². The Bertz CT molecular complexity index is 1170. The lowest BCUT2D eigenvalue weighted by molar-refractivity contribution is -0.384. The van der Waals surface area contributed by atoms with Crippen molar-refractivity contribution >= 4 is 45.3 Å². The predicted octanol–water partition coefficient (Wildman–Crippen LogP) is 5.36. The number of nitro benzene ring substituents is 1. The largest absolute Gasteiger partial charge is 0.493 e. The van der Waals surface area contributed by atoms with Gasteiger partial charge in [0.25, 0.3) is 11.6 Å². The van der Waals surface area contributed by atoms with Gasteiger partial charge >= 0.3 is 0 Å². The number of amides is 1. The van der Waals surface area contributed by atoms with Crippen LogP contribution in [0.3, 0.4) is 0 Å². The van der Waals surface area contributed by atoms with Gasteiger partial charge in [-0.3, -0.25) is 14.9 Å². The molecule has 32 heavy (non-hydrogen) atoms. The standard InChI is InChI=1S/C22H17BrClN3O5/c1-31-20-10-15(9-17(23)21(20)32-13-14-5-3-2-4-6-14)12-25-26-22(28)16-7-8-18(24)19(11-16)27(29)30/h2-12H,13H2,1H3,(H,26,28)/b25-12-. The molecule has 3 aromatic rings. The molecule has 0 heterocycles. The van der Waals surface area contributed by atoms with Gasteiger partial charge < -0.3 is 9.47 Å². The maximum atomic E-state index is 12.2. The van der Waals surface area contributed by atoms with Crippen molar-refractivity contribution < 1.29 is 19.2 Å². The highest BCUT2D eigenvalue weighted by Crippen LogP contribution is 2.36. The SMILES string of the molecule is COc1cc(/C=N\NC(=O)c2ccc(Cl)c([N+](=O)[O-])c2)cc(Br)c1OCc1ccccc1. The Morgan fingerprint density at radius 1 is 1.22 bits per heavy atom. The van der Waals surface area contributed by atoms with Gasteiger partial charge in [0.15, 0.2) is 11.5 Å². The molecule has 0 aliphatic heterocycles. The minimum absolute atomic E-state index is 0.0541. The fraction of sp³-hybridized carbons (Fsp3) is 0.0909. The fourth-order valence-corrected chi connectivity index (χ4v) is 3.47. The lowest BCUT2D eigenvalue weighted by Gasteiger charge is -2.13. The Morgan fingerprint density at radius 3 is 2.66 bits per heavy atom. The van der Waals surface area contributed by atoms with E-state index in [0.717, 1.165) is 11.6 Å². The molecule has 0 atom stereocenters. The van der Waals surface area contributed by atoms with E-state index in [-0.39, 0.29) is 16.3 Å². The number of benzene rings is 3. The number of methoxy groups -OCH3 is 1. The van der Waals surface area contributed by atoms with Gasteiger partial charge in [-0.25, -0.2) is 5.43 Å². The summed E-state index contributed by atoms with van der Waals surface area (Å²) < 4.78 is 12.0. The Morgan fingerprint density at radius 2 is 1.97 bits per heavy atom. The molecule has 3 rings (SSSR count). The number of nitro groups is 1. The maximum Gasteiger partial charge on any atom is 0.288 e. The van der Waals surface area contributed by atoms with Crippen molar-refractivity contribution in [2.45, 2.75) is 6.61 Å². The summed E-state index contributed by atoms with van der Waals surface area (Å²) in [5.74, 6) is 0.400. The highest BCUT2D eigenvalue weighted by Gasteiger charge is 2.16. The number of nitrogens with zero attached hydrogens (tertiary/aromatic N) is 2. The van der Waals surface area contributed by atoms with E-state index in [0.29, 0.717) is 28.1 Å². The second-order valence-corrected chi connectivity index (χ2v) is 7.69. The van der Waals surface area contributed by atoms with Crippen LogP contribution in [-0.2, 0) is 6.61 Å². The molecule has 0 aromatic heterocycles. The fourth-order valence-electron chi connectivity index (χ4n) is 2.71. The molecule has 10 heteroatoms. The number of hydrogen-bond acceptors (Lipinski definition) is 6. The van der Waals surface area contributed by atoms with Crippen LogP contribution in [0.1, 0.15) is 21.5 Å². The smallest absolute Gasteiger partial charge is 0.288 e. The van der Waals surface area contributed by atoms with Crippen LogP contribution < -0.4 is 14.9 Å². The summed E-state index contributed by atoms with van der Waals surface area (Å²) in [6, 6.07) is 16.9. The van der Waals surface area contributed by atoms with Crippen LogP contribution in [0.15, 0.2) is 70.2 Å². The number of hydrazone groups is 1. The van der Waals surface area contributed by atoms with E-state index in [1.165, 1.54) is 25.5 Å². The lowest BCUT2D eigenvalue weighted by atomic mass is 10.2. The van der Waals surface area contributed by atoms with Crippen LogP contribution in [0.5, 0.6) is 11.5 Å². The van der Waals surface area contributed by atoms with Crippen molar-refractivity contribution in [2.24, 2.45) is 5.10 Å². The first kappa shape index (κ1) is 23.2. The minimum atomic E-state index is -0.659. The normalized spacial score (nSPS) is 10.7. The van der Waals surface area contributed by atoms with Gasteiger partial charge in [0, 0.05) is 11.6 Å². The van der Waals surface area contributed by atoms with E-state index in [4.69, 9.17) is 21.1 Å². The minimum Gasteiger partial charge on any atom is -0.493 e. The average Bonchev–Trinajstić information content (AvgIpc) is 2.78. The first-order valence-electron chi connectivity index (χ1n) is 9.20. The molecule has 0 saturated carbocycles. The maximum absolute atomic E-state index is 12.2. The molecule has 0 bridgehead atoms. The summed E-state index contributed by atoms with van der Waals surface area (Å²) in [5, 5.41) is 14.8. The summed E-state index contributed by atoms with van der Waals surface area (Å²) in [6.45, 7) is 0.368. The van der Waals surface area contributed by atoms with Gasteiger partial charge in [0.1, 0.15) is 11.6 Å². The van der Waals surface area contributed by atoms with Crippen molar-refractivity contribution in [3.05, 3.63) is 97.0 Å². The summed E-state index contributed by atoms with van der Waals surface area (Å²) in [5.41, 5.74) is 3.67. The van der Waals surface area contributed by atoms with Crippen molar-refractivity contribution in [2.75, 3.05) is 7.11 Å². The van der Waals surface area contributed by atoms with E-state index in [2.05, 4.69) is 26.5 Å². The number of carbonyl (C=O) groups is 1. The second kappa shape index (κ2) is 10.7. The lowest BCUT2D eigenvalue weighted by Crippen LogP contribution is -2.17. The topological polar surface area (TPSA) is 103 Å². The van der Waals surface area contributed by atoms with Crippen molar-refractivity contribution in [3.8, 4) is 11.5 Å². The van der Waals surface area contributed by atoms with Crippen molar-refractivity contribution in [3.63, 3.8) is 0 Å². The third-order valence-corrected chi connectivity index (χ3v) is 5.17. The Hall–Kier alpha value is -3.43. The van der Waals surface area contributed by atoms with Crippen molar-refractivity contribution in [1.82, 2.24) is 5.43 Å². The van der Waals surface area contributed by atoms with Crippen LogP contribution >= 0.6 is 27.5 Å². The number of carbonyl (C=O) groups excluding carboxylic acids is 1. The van der Waals surface area contributed by atoms with Gasteiger partial charge in [-0.2, -0.15) is 5.10 Å². The van der Waals surface area contributed by atoms with Crippen LogP contribution in [0.2, 0.25) is 5.02 Å². The van der Waals surface area contributed by atoms with Gasteiger partial charge in [-0.15, -0.1) is 0 Å². The summed E-state index contributed by atoms with van der Waals surface area (Å²) >= 11 is 9.23. The molecule has 0 saturated heterocycles. The molecule has 164 valence electrons. The summed E-state index contributed by atoms with van der Waals surface area (Å²) in [7, 11) is 1.52. The highest BCUT2D eigenvalue weighted by atomic mass is 79.9. The summed E-state index contributed by atoms with van der Waals surface area (Å²) in [6.07, 6.45) is 1.41. The van der Waals surface area contributed by atoms with E-state index < -0.39 is 10.8 Å². The van der Waals surface area contributed by atoms with E-state index in [9.17, 15) is 14.9 Å². The highest BCUT2D eigenvalue weighted by molar-refractivity contribution is 9.10. The molecule has 8 nitrogen and oxygen atoms in total. The Balaban J connectivity index is 1.70. The molecule has 0 unspecified atom stereocenters. The van der Waals surface area contributed by atoms with Gasteiger partial charge in [-0.1, -0.05) is 41.9 Å². The first-order valence-corrected chi connectivity index (χ1v) is 10.4. The number of ether oxygens (including phenoxy) is 2. The van der Waals surface area contributed by atoms with Crippen LogP contribution in [0.4, 0.5) is 5.69 Å². The van der Waals surface area contributed by atoms with Crippen LogP contribution in [0, 0.1) is 10.1 Å². The van der Waals surface area contributed by atoms with E-state index in [1.807, 2.05) is 30.3 Å². The molecule has 0 aliphatic rings. The quantitative estimate of drug-likeness (QED) is 0.246. The second-order valence-electron chi connectivity index (χ2n) is 6.43. The zero-order chi connectivity index (χ0) is 23.1. The third-order valence-electron chi connectivity index (χ3n) is 4.26. The molecular formula is C22H17BrClN3O5. The van der Waals surface area contributed by atoms with Crippen LogP contribution in [0.25, 0.3) is 0 Å². The van der Waals surface area contributed by atoms with Gasteiger partial charge in [-0.05, 0) is 51.3 Å². The Kier molecular flexibility index (Phi) is 7.80. The molecule has 1 N–H and O–H groups in total. The zero-order valence-electron chi connectivity index (χ0n) is 16.7. The number of nitrogens with one attached hydrogen (secondary N) is 1. The monoisotopic (exact) mass is 517 g/mol. The predicted molar refractivity (Wildman–Crippen MR) is 125 cm³/mol. The molecule has 0 spiro atoms. The molecule has 1 amide bonds. The molecule has 0 fully saturated rings. The first-order chi connectivity index (χ1) is 15.4. The van der Waals surface area contributed by atoms with E-state index >= 15 is 0 Å². The Labute approximate surface area is 197 Å². The van der Waals surface area contributed by atoms with Crippen molar-refractivity contribution in [1.29, 1.82) is 0 Å². The zero-order valence-corrected chi connectivity index (χ0v) is 19.1. The molecular weight excluding hydrogens is 502 g/mol. The molecule has 0 radical (unpaired) electrons. The number of hydrogen-bond donors (Lipinski definition) is 1. The number of rotatable bonds is 8.